The molecule has 2 aromatic rings. The number of rotatable bonds is 2. The van der Waals surface area contributed by atoms with Gasteiger partial charge in [0.15, 0.2) is 0 Å². The van der Waals surface area contributed by atoms with E-state index < -0.39 is 0 Å². The molecule has 1 aromatic carbocycles. The lowest BCUT2D eigenvalue weighted by Crippen LogP contribution is -1.94. The Morgan fingerprint density at radius 3 is 2.35 bits per heavy atom. The second-order valence-electron chi connectivity index (χ2n) is 4.28. The molecule has 0 aliphatic heterocycles. The maximum absolute atomic E-state index is 13.5. The fraction of sp³-hybridized carbons (Fsp3) is 0.286. The van der Waals surface area contributed by atoms with Crippen LogP contribution in [0, 0.1) is 26.6 Å². The SMILES string of the molecule is Cc1cc(C)c(C(Cl)c2ccc(C)c(F)c2)s1. The molecule has 0 fully saturated rings. The monoisotopic (exact) mass is 268 g/mol. The first-order valence-electron chi connectivity index (χ1n) is 5.46. The molecule has 0 amide bonds. The van der Waals surface area contributed by atoms with E-state index >= 15 is 0 Å². The maximum Gasteiger partial charge on any atom is 0.126 e. The van der Waals surface area contributed by atoms with Gasteiger partial charge in [0.2, 0.25) is 0 Å². The molecular formula is C14H14ClFS. The average molecular weight is 269 g/mol. The molecule has 0 bridgehead atoms. The molecule has 17 heavy (non-hydrogen) atoms. The van der Waals surface area contributed by atoms with E-state index in [1.807, 2.05) is 13.0 Å². The molecule has 0 radical (unpaired) electrons. The molecule has 0 nitrogen and oxygen atoms in total. The lowest BCUT2D eigenvalue weighted by atomic mass is 10.1. The smallest absolute Gasteiger partial charge is 0.126 e. The number of thiophene rings is 1. The second kappa shape index (κ2) is 4.79. The minimum Gasteiger partial charge on any atom is -0.207 e. The van der Waals surface area contributed by atoms with Crippen molar-refractivity contribution in [2.45, 2.75) is 26.1 Å². The van der Waals surface area contributed by atoms with Crippen LogP contribution in [0.1, 0.15) is 31.8 Å². The Balaban J connectivity index is 2.40. The van der Waals surface area contributed by atoms with Crippen LogP contribution in [0.25, 0.3) is 0 Å². The van der Waals surface area contributed by atoms with Crippen LogP contribution >= 0.6 is 22.9 Å². The van der Waals surface area contributed by atoms with Crippen molar-refractivity contribution in [1.82, 2.24) is 0 Å². The van der Waals surface area contributed by atoms with Crippen LogP contribution < -0.4 is 0 Å². The van der Waals surface area contributed by atoms with Gasteiger partial charge in [0.25, 0.3) is 0 Å². The van der Waals surface area contributed by atoms with E-state index in [2.05, 4.69) is 13.0 Å². The fourth-order valence-electron chi connectivity index (χ4n) is 1.83. The third-order valence-electron chi connectivity index (χ3n) is 2.80. The normalized spacial score (nSPS) is 12.8. The Bertz CT molecular complexity index is 545. The quantitative estimate of drug-likeness (QED) is 0.662. The van der Waals surface area contributed by atoms with Crippen LogP contribution in [-0.2, 0) is 0 Å². The first-order valence-corrected chi connectivity index (χ1v) is 6.71. The molecule has 1 unspecified atom stereocenters. The Morgan fingerprint density at radius 1 is 1.12 bits per heavy atom. The number of alkyl halides is 1. The van der Waals surface area contributed by atoms with Crippen LogP contribution in [-0.4, -0.2) is 0 Å². The molecule has 1 heterocycles. The number of halogens is 2. The summed E-state index contributed by atoms with van der Waals surface area (Å²) in [7, 11) is 0. The van der Waals surface area contributed by atoms with E-state index in [9.17, 15) is 4.39 Å². The zero-order valence-electron chi connectivity index (χ0n) is 10.1. The Morgan fingerprint density at radius 2 is 1.82 bits per heavy atom. The third kappa shape index (κ3) is 2.53. The molecule has 3 heteroatoms. The summed E-state index contributed by atoms with van der Waals surface area (Å²) in [5, 5.41) is -0.260. The van der Waals surface area contributed by atoms with Gasteiger partial charge in [-0.25, -0.2) is 4.39 Å². The van der Waals surface area contributed by atoms with Gasteiger partial charge in [-0.15, -0.1) is 22.9 Å². The zero-order chi connectivity index (χ0) is 12.6. The van der Waals surface area contributed by atoms with Gasteiger partial charge in [-0.3, -0.25) is 0 Å². The van der Waals surface area contributed by atoms with Crippen molar-refractivity contribution in [2.75, 3.05) is 0 Å². The van der Waals surface area contributed by atoms with Crippen LogP contribution in [0.5, 0.6) is 0 Å². The highest BCUT2D eigenvalue weighted by Gasteiger charge is 2.16. The standard InChI is InChI=1S/C14H14ClFS/c1-8-4-5-11(7-12(8)16)13(15)14-9(2)6-10(3)17-14/h4-7,13H,1-3H3. The average Bonchev–Trinajstić information content (AvgIpc) is 2.61. The topological polar surface area (TPSA) is 0 Å². The van der Waals surface area contributed by atoms with Crippen LogP contribution in [0.3, 0.4) is 0 Å². The van der Waals surface area contributed by atoms with Gasteiger partial charge < -0.3 is 0 Å². The Hall–Kier alpha value is -0.860. The predicted octanol–water partition coefficient (Wildman–Crippen LogP) is 5.14. The molecular weight excluding hydrogens is 255 g/mol. The molecule has 0 saturated heterocycles. The van der Waals surface area contributed by atoms with Crippen molar-refractivity contribution in [3.05, 3.63) is 56.5 Å². The lowest BCUT2D eigenvalue weighted by molar-refractivity contribution is 0.616. The maximum atomic E-state index is 13.5. The number of hydrogen-bond donors (Lipinski definition) is 0. The molecule has 0 spiro atoms. The zero-order valence-corrected chi connectivity index (χ0v) is 11.6. The molecule has 0 aliphatic carbocycles. The minimum atomic E-state index is -0.260. The molecule has 1 atom stereocenters. The first-order chi connectivity index (χ1) is 7.99. The highest BCUT2D eigenvalue weighted by molar-refractivity contribution is 7.12. The van der Waals surface area contributed by atoms with Crippen LogP contribution in [0.15, 0.2) is 24.3 Å². The molecule has 90 valence electrons. The number of hydrogen-bond acceptors (Lipinski definition) is 1. The summed E-state index contributed by atoms with van der Waals surface area (Å²) in [6.45, 7) is 5.85. The first kappa shape index (κ1) is 12.6. The van der Waals surface area contributed by atoms with E-state index in [4.69, 9.17) is 11.6 Å². The minimum absolute atomic E-state index is 0.195. The van der Waals surface area contributed by atoms with Crippen molar-refractivity contribution in [1.29, 1.82) is 0 Å². The largest absolute Gasteiger partial charge is 0.207 e. The Labute approximate surface area is 110 Å². The van der Waals surface area contributed by atoms with E-state index in [-0.39, 0.29) is 11.2 Å². The summed E-state index contributed by atoms with van der Waals surface area (Å²) in [6.07, 6.45) is 0. The summed E-state index contributed by atoms with van der Waals surface area (Å²) in [5.74, 6) is -0.195. The van der Waals surface area contributed by atoms with E-state index in [0.717, 1.165) is 10.4 Å². The fourth-order valence-corrected chi connectivity index (χ4v) is 3.31. The van der Waals surface area contributed by atoms with Crippen molar-refractivity contribution < 1.29 is 4.39 Å². The van der Waals surface area contributed by atoms with E-state index in [1.165, 1.54) is 16.5 Å². The summed E-state index contributed by atoms with van der Waals surface area (Å²) in [6, 6.07) is 7.31. The highest BCUT2D eigenvalue weighted by Crippen LogP contribution is 2.36. The highest BCUT2D eigenvalue weighted by atomic mass is 35.5. The van der Waals surface area contributed by atoms with Gasteiger partial charge in [-0.1, -0.05) is 12.1 Å². The second-order valence-corrected chi connectivity index (χ2v) is 6.00. The molecule has 0 aliphatic rings. The van der Waals surface area contributed by atoms with Gasteiger partial charge in [-0.2, -0.15) is 0 Å². The van der Waals surface area contributed by atoms with Crippen LogP contribution in [0.2, 0.25) is 0 Å². The van der Waals surface area contributed by atoms with Crippen molar-refractivity contribution in [3.8, 4) is 0 Å². The number of benzene rings is 1. The molecule has 0 saturated carbocycles. The Kier molecular flexibility index (Phi) is 3.55. The molecule has 1 aromatic heterocycles. The van der Waals surface area contributed by atoms with Crippen molar-refractivity contribution in [2.24, 2.45) is 0 Å². The number of aryl methyl sites for hydroxylation is 3. The summed E-state index contributed by atoms with van der Waals surface area (Å²) < 4.78 is 13.5. The summed E-state index contributed by atoms with van der Waals surface area (Å²) in [5.41, 5.74) is 2.64. The van der Waals surface area contributed by atoms with Gasteiger partial charge in [0.05, 0.1) is 5.38 Å². The third-order valence-corrected chi connectivity index (χ3v) is 4.62. The van der Waals surface area contributed by atoms with Crippen molar-refractivity contribution in [3.63, 3.8) is 0 Å². The van der Waals surface area contributed by atoms with Gasteiger partial charge in [0, 0.05) is 9.75 Å². The lowest BCUT2D eigenvalue weighted by Gasteiger charge is -2.10. The van der Waals surface area contributed by atoms with Crippen LogP contribution in [0.4, 0.5) is 4.39 Å². The van der Waals surface area contributed by atoms with Gasteiger partial charge in [-0.05, 0) is 49.6 Å². The van der Waals surface area contributed by atoms with E-state index in [1.54, 1.807) is 24.3 Å². The predicted molar refractivity (Wildman–Crippen MR) is 72.6 cm³/mol. The van der Waals surface area contributed by atoms with Gasteiger partial charge in [0.1, 0.15) is 5.82 Å². The summed E-state index contributed by atoms with van der Waals surface area (Å²) in [4.78, 5) is 2.34. The van der Waals surface area contributed by atoms with Gasteiger partial charge >= 0.3 is 0 Å². The summed E-state index contributed by atoms with van der Waals surface area (Å²) >= 11 is 8.09. The molecule has 2 rings (SSSR count). The van der Waals surface area contributed by atoms with Crippen molar-refractivity contribution >= 4 is 22.9 Å². The molecule has 0 N–H and O–H groups in total. The van der Waals surface area contributed by atoms with E-state index in [0.29, 0.717) is 5.56 Å².